The molecule has 0 bridgehead atoms. The van der Waals surface area contributed by atoms with Gasteiger partial charge in [0.05, 0.1) is 10.6 Å². The van der Waals surface area contributed by atoms with Gasteiger partial charge in [0.15, 0.2) is 0 Å². The maximum atomic E-state index is 12.0. The molecule has 18 heavy (non-hydrogen) atoms. The van der Waals surface area contributed by atoms with Crippen LogP contribution < -0.4 is 5.32 Å². The summed E-state index contributed by atoms with van der Waals surface area (Å²) in [6.45, 7) is 0.634. The van der Waals surface area contributed by atoms with Crippen molar-refractivity contribution >= 4 is 35.0 Å². The van der Waals surface area contributed by atoms with Crippen molar-refractivity contribution in [1.82, 2.24) is 15.2 Å². The van der Waals surface area contributed by atoms with Crippen LogP contribution in [0, 0.1) is 0 Å². The standard InChI is InChI=1S/C11H11Cl2N3O2/c1-16-3-2-8(11(16)18)15-10(17)6-4-9(13)14-5-7(6)12/h4-5,8H,2-3H2,1H3,(H,15,17). The third-order valence-electron chi connectivity index (χ3n) is 2.80. The topological polar surface area (TPSA) is 62.3 Å². The van der Waals surface area contributed by atoms with E-state index < -0.39 is 11.9 Å². The van der Waals surface area contributed by atoms with Gasteiger partial charge in [0.2, 0.25) is 5.91 Å². The first-order valence-corrected chi connectivity index (χ1v) is 6.11. The molecule has 0 spiro atoms. The third-order valence-corrected chi connectivity index (χ3v) is 3.31. The summed E-state index contributed by atoms with van der Waals surface area (Å²) in [6.07, 6.45) is 1.90. The van der Waals surface area contributed by atoms with Crippen LogP contribution in [0.5, 0.6) is 0 Å². The van der Waals surface area contributed by atoms with E-state index in [0.717, 1.165) is 0 Å². The van der Waals surface area contributed by atoms with E-state index in [4.69, 9.17) is 23.2 Å². The maximum Gasteiger partial charge on any atom is 0.253 e. The molecule has 1 aliphatic rings. The van der Waals surface area contributed by atoms with E-state index in [1.807, 2.05) is 0 Å². The fraction of sp³-hybridized carbons (Fsp3) is 0.364. The summed E-state index contributed by atoms with van der Waals surface area (Å²) in [4.78, 5) is 29.0. The molecule has 2 rings (SSSR count). The average Bonchev–Trinajstić information content (AvgIpc) is 2.64. The van der Waals surface area contributed by atoms with E-state index >= 15 is 0 Å². The normalized spacial score (nSPS) is 19.2. The first-order chi connectivity index (χ1) is 8.49. The summed E-state index contributed by atoms with van der Waals surface area (Å²) >= 11 is 11.6. The molecule has 7 heteroatoms. The molecule has 96 valence electrons. The van der Waals surface area contributed by atoms with Crippen molar-refractivity contribution in [1.29, 1.82) is 0 Å². The summed E-state index contributed by atoms with van der Waals surface area (Å²) < 4.78 is 0. The molecule has 0 aliphatic carbocycles. The predicted octanol–water partition coefficient (Wildman–Crippen LogP) is 1.35. The van der Waals surface area contributed by atoms with Gasteiger partial charge in [-0.15, -0.1) is 0 Å². The van der Waals surface area contributed by atoms with Crippen LogP contribution in [0.3, 0.4) is 0 Å². The van der Waals surface area contributed by atoms with E-state index in [0.29, 0.717) is 13.0 Å². The minimum absolute atomic E-state index is 0.0976. The van der Waals surface area contributed by atoms with Crippen molar-refractivity contribution in [2.24, 2.45) is 0 Å². The first-order valence-electron chi connectivity index (χ1n) is 5.36. The van der Waals surface area contributed by atoms with Crippen LogP contribution in [0.2, 0.25) is 10.2 Å². The van der Waals surface area contributed by atoms with Crippen LogP contribution >= 0.6 is 23.2 Å². The zero-order chi connectivity index (χ0) is 13.3. The molecule has 1 atom stereocenters. The zero-order valence-corrected chi connectivity index (χ0v) is 11.1. The van der Waals surface area contributed by atoms with Crippen molar-refractivity contribution < 1.29 is 9.59 Å². The lowest BCUT2D eigenvalue weighted by atomic mass is 10.2. The Morgan fingerprint density at radius 1 is 1.56 bits per heavy atom. The lowest BCUT2D eigenvalue weighted by Gasteiger charge is -2.12. The molecule has 1 fully saturated rings. The van der Waals surface area contributed by atoms with Crippen LogP contribution in [0.4, 0.5) is 0 Å². The Balaban J connectivity index is 2.13. The molecule has 1 aromatic rings. The monoisotopic (exact) mass is 287 g/mol. The fourth-order valence-corrected chi connectivity index (χ4v) is 2.13. The number of aromatic nitrogens is 1. The number of likely N-dealkylation sites (N-methyl/N-ethyl adjacent to an activating group) is 1. The van der Waals surface area contributed by atoms with Crippen LogP contribution in [-0.4, -0.2) is 41.3 Å². The molecule has 1 aliphatic heterocycles. The van der Waals surface area contributed by atoms with Crippen molar-refractivity contribution in [3.8, 4) is 0 Å². The quantitative estimate of drug-likeness (QED) is 0.836. The van der Waals surface area contributed by atoms with E-state index in [1.165, 1.54) is 12.3 Å². The van der Waals surface area contributed by atoms with Gasteiger partial charge < -0.3 is 10.2 Å². The Kier molecular flexibility index (Phi) is 3.73. The minimum atomic E-state index is -0.495. The molecule has 1 N–H and O–H groups in total. The van der Waals surface area contributed by atoms with E-state index in [2.05, 4.69) is 10.3 Å². The second-order valence-electron chi connectivity index (χ2n) is 4.06. The number of carbonyl (C=O) groups is 2. The van der Waals surface area contributed by atoms with Gasteiger partial charge in [0, 0.05) is 19.8 Å². The van der Waals surface area contributed by atoms with E-state index in [-0.39, 0.29) is 21.6 Å². The van der Waals surface area contributed by atoms with Gasteiger partial charge in [0.25, 0.3) is 5.91 Å². The largest absolute Gasteiger partial charge is 0.344 e. The fourth-order valence-electron chi connectivity index (χ4n) is 1.78. The zero-order valence-electron chi connectivity index (χ0n) is 9.61. The smallest absolute Gasteiger partial charge is 0.253 e. The van der Waals surface area contributed by atoms with Crippen LogP contribution in [0.15, 0.2) is 12.3 Å². The number of pyridine rings is 1. The number of nitrogens with zero attached hydrogens (tertiary/aromatic N) is 2. The number of hydrogen-bond donors (Lipinski definition) is 1. The Labute approximate surface area is 114 Å². The number of halogens is 2. The first kappa shape index (κ1) is 13.1. The highest BCUT2D eigenvalue weighted by molar-refractivity contribution is 6.35. The molecular weight excluding hydrogens is 277 g/mol. The van der Waals surface area contributed by atoms with Gasteiger partial charge >= 0.3 is 0 Å². The summed E-state index contributed by atoms with van der Waals surface area (Å²) in [5.41, 5.74) is 0.221. The van der Waals surface area contributed by atoms with Gasteiger partial charge in [-0.25, -0.2) is 4.98 Å². The van der Waals surface area contributed by atoms with Crippen molar-refractivity contribution in [2.45, 2.75) is 12.5 Å². The molecule has 1 aromatic heterocycles. The Bertz CT molecular complexity index is 507. The number of likely N-dealkylation sites (tertiary alicyclic amines) is 1. The minimum Gasteiger partial charge on any atom is -0.344 e. The van der Waals surface area contributed by atoms with Crippen LogP contribution in [0.1, 0.15) is 16.8 Å². The van der Waals surface area contributed by atoms with Gasteiger partial charge in [0.1, 0.15) is 11.2 Å². The molecule has 0 aromatic carbocycles. The molecule has 0 saturated carbocycles. The van der Waals surface area contributed by atoms with Crippen LogP contribution in [-0.2, 0) is 4.79 Å². The number of nitrogens with one attached hydrogen (secondary N) is 1. The Morgan fingerprint density at radius 2 is 2.28 bits per heavy atom. The number of amides is 2. The molecular formula is C11H11Cl2N3O2. The number of rotatable bonds is 2. The molecule has 1 saturated heterocycles. The summed E-state index contributed by atoms with van der Waals surface area (Å²) in [6, 6.07) is 0.882. The third kappa shape index (κ3) is 2.57. The summed E-state index contributed by atoms with van der Waals surface area (Å²) in [5.74, 6) is -0.516. The van der Waals surface area contributed by atoms with Gasteiger partial charge in [-0.05, 0) is 12.5 Å². The lowest BCUT2D eigenvalue weighted by molar-refractivity contribution is -0.128. The second-order valence-corrected chi connectivity index (χ2v) is 4.86. The number of hydrogen-bond acceptors (Lipinski definition) is 3. The molecule has 2 heterocycles. The SMILES string of the molecule is CN1CCC(NC(=O)c2cc(Cl)ncc2Cl)C1=O. The highest BCUT2D eigenvalue weighted by Gasteiger charge is 2.30. The highest BCUT2D eigenvalue weighted by atomic mass is 35.5. The van der Waals surface area contributed by atoms with Crippen molar-refractivity contribution in [2.75, 3.05) is 13.6 Å². The van der Waals surface area contributed by atoms with Gasteiger partial charge in [-0.3, -0.25) is 9.59 Å². The summed E-state index contributed by atoms with van der Waals surface area (Å²) in [7, 11) is 1.70. The van der Waals surface area contributed by atoms with Crippen molar-refractivity contribution in [3.63, 3.8) is 0 Å². The van der Waals surface area contributed by atoms with E-state index in [9.17, 15) is 9.59 Å². The predicted molar refractivity (Wildman–Crippen MR) is 67.8 cm³/mol. The van der Waals surface area contributed by atoms with Gasteiger partial charge in [-0.1, -0.05) is 23.2 Å². The molecule has 0 radical (unpaired) electrons. The molecule has 2 amide bonds. The highest BCUT2D eigenvalue weighted by Crippen LogP contribution is 2.19. The van der Waals surface area contributed by atoms with E-state index in [1.54, 1.807) is 11.9 Å². The number of carbonyl (C=O) groups excluding carboxylic acids is 2. The Morgan fingerprint density at radius 3 is 2.89 bits per heavy atom. The average molecular weight is 288 g/mol. The second kappa shape index (κ2) is 5.12. The van der Waals surface area contributed by atoms with Gasteiger partial charge in [-0.2, -0.15) is 0 Å². The lowest BCUT2D eigenvalue weighted by Crippen LogP contribution is -2.40. The molecule has 5 nitrogen and oxygen atoms in total. The van der Waals surface area contributed by atoms with Crippen molar-refractivity contribution in [3.05, 3.63) is 28.0 Å². The Hall–Kier alpha value is -1.33. The van der Waals surface area contributed by atoms with Crippen LogP contribution in [0.25, 0.3) is 0 Å². The molecule has 1 unspecified atom stereocenters. The summed E-state index contributed by atoms with van der Waals surface area (Å²) in [5, 5.41) is 3.03. The maximum absolute atomic E-state index is 12.0.